The van der Waals surface area contributed by atoms with Gasteiger partial charge in [-0.25, -0.2) is 14.6 Å². The maximum Gasteiger partial charge on any atom is 0.278 e. The molecule has 0 aliphatic carbocycles. The molecular formula is C24H17ClN6OS. The van der Waals surface area contributed by atoms with E-state index in [0.717, 1.165) is 16.5 Å². The van der Waals surface area contributed by atoms with Gasteiger partial charge in [0.25, 0.3) is 5.91 Å². The van der Waals surface area contributed by atoms with Gasteiger partial charge in [0.15, 0.2) is 10.9 Å². The van der Waals surface area contributed by atoms with E-state index in [1.165, 1.54) is 11.8 Å². The highest BCUT2D eigenvalue weighted by Crippen LogP contribution is 2.26. The van der Waals surface area contributed by atoms with Crippen molar-refractivity contribution in [2.45, 2.75) is 10.9 Å². The van der Waals surface area contributed by atoms with Crippen molar-refractivity contribution in [2.24, 2.45) is 0 Å². The largest absolute Gasteiger partial charge is 0.320 e. The normalized spacial score (nSPS) is 10.9. The number of benzene rings is 3. The van der Waals surface area contributed by atoms with Gasteiger partial charge in [0.1, 0.15) is 0 Å². The van der Waals surface area contributed by atoms with E-state index in [9.17, 15) is 4.79 Å². The number of hydrogen-bond donors (Lipinski definition) is 1. The second-order valence-corrected chi connectivity index (χ2v) is 8.45. The number of fused-ring (bicyclic) bond motifs is 1. The molecule has 0 saturated carbocycles. The van der Waals surface area contributed by atoms with Crippen LogP contribution in [0.1, 0.15) is 16.2 Å². The van der Waals surface area contributed by atoms with Crippen LogP contribution in [-0.4, -0.2) is 30.9 Å². The average molecular weight is 473 g/mol. The molecule has 2 aromatic heterocycles. The topological polar surface area (TPSA) is 85.6 Å². The van der Waals surface area contributed by atoms with Gasteiger partial charge in [0, 0.05) is 34.2 Å². The molecule has 9 heteroatoms. The van der Waals surface area contributed by atoms with Crippen LogP contribution in [0.2, 0.25) is 5.02 Å². The third kappa shape index (κ3) is 4.57. The Bertz CT molecular complexity index is 1420. The van der Waals surface area contributed by atoms with Crippen LogP contribution in [0, 0.1) is 0 Å². The number of anilines is 1. The fourth-order valence-electron chi connectivity index (χ4n) is 3.41. The molecule has 0 bridgehead atoms. The zero-order valence-electron chi connectivity index (χ0n) is 17.2. The molecule has 0 aliphatic heterocycles. The van der Waals surface area contributed by atoms with Gasteiger partial charge in [-0.1, -0.05) is 65.0 Å². The standard InChI is InChI=1S/C24H17ClN6OS/c25-17-9-11-18(12-10-17)31-21(15-33-24-26-13-4-14-27-24)22(29-30-31)23(32)28-20-8-3-6-16-5-1-2-7-19(16)20/h1-14H,15H2,(H,28,32). The summed E-state index contributed by atoms with van der Waals surface area (Å²) in [7, 11) is 0. The molecule has 2 heterocycles. The number of hydrogen-bond acceptors (Lipinski definition) is 6. The van der Waals surface area contributed by atoms with E-state index in [0.29, 0.717) is 27.3 Å². The Labute approximate surface area is 198 Å². The summed E-state index contributed by atoms with van der Waals surface area (Å²) < 4.78 is 1.64. The summed E-state index contributed by atoms with van der Waals surface area (Å²) in [5, 5.41) is 14.7. The van der Waals surface area contributed by atoms with E-state index in [2.05, 4.69) is 25.6 Å². The van der Waals surface area contributed by atoms with Crippen molar-refractivity contribution < 1.29 is 4.79 Å². The van der Waals surface area contributed by atoms with Crippen LogP contribution in [0.15, 0.2) is 90.3 Å². The number of amides is 1. The first-order valence-corrected chi connectivity index (χ1v) is 11.4. The van der Waals surface area contributed by atoms with Crippen molar-refractivity contribution >= 4 is 45.7 Å². The van der Waals surface area contributed by atoms with Gasteiger partial charge in [-0.05, 0) is 41.8 Å². The number of carbonyl (C=O) groups is 1. The maximum absolute atomic E-state index is 13.3. The number of carbonyl (C=O) groups excluding carboxylic acids is 1. The zero-order chi connectivity index (χ0) is 22.6. The van der Waals surface area contributed by atoms with Crippen LogP contribution in [0.25, 0.3) is 16.5 Å². The van der Waals surface area contributed by atoms with Gasteiger partial charge in [-0.3, -0.25) is 4.79 Å². The van der Waals surface area contributed by atoms with Gasteiger partial charge in [0.05, 0.1) is 11.4 Å². The second-order valence-electron chi connectivity index (χ2n) is 7.07. The Kier molecular flexibility index (Phi) is 6.01. The minimum Gasteiger partial charge on any atom is -0.320 e. The Morgan fingerprint density at radius 2 is 1.70 bits per heavy atom. The first kappa shape index (κ1) is 21.1. The third-order valence-electron chi connectivity index (χ3n) is 4.97. The van der Waals surface area contributed by atoms with Gasteiger partial charge in [-0.2, -0.15) is 0 Å². The molecule has 0 atom stereocenters. The highest BCUT2D eigenvalue weighted by molar-refractivity contribution is 7.98. The van der Waals surface area contributed by atoms with E-state index in [4.69, 9.17) is 11.6 Å². The first-order chi connectivity index (χ1) is 16.2. The molecule has 7 nitrogen and oxygen atoms in total. The van der Waals surface area contributed by atoms with Crippen molar-refractivity contribution in [1.82, 2.24) is 25.0 Å². The van der Waals surface area contributed by atoms with Gasteiger partial charge < -0.3 is 5.32 Å². The smallest absolute Gasteiger partial charge is 0.278 e. The van der Waals surface area contributed by atoms with Crippen molar-refractivity contribution in [1.29, 1.82) is 0 Å². The number of rotatable bonds is 6. The lowest BCUT2D eigenvalue weighted by Gasteiger charge is -2.10. The van der Waals surface area contributed by atoms with Crippen molar-refractivity contribution in [3.8, 4) is 5.69 Å². The fourth-order valence-corrected chi connectivity index (χ4v) is 4.33. The van der Waals surface area contributed by atoms with E-state index in [-0.39, 0.29) is 11.6 Å². The molecule has 0 radical (unpaired) electrons. The summed E-state index contributed by atoms with van der Waals surface area (Å²) >= 11 is 7.45. The molecule has 162 valence electrons. The quantitative estimate of drug-likeness (QED) is 0.263. The van der Waals surface area contributed by atoms with Gasteiger partial charge in [0.2, 0.25) is 0 Å². The first-order valence-electron chi connectivity index (χ1n) is 10.1. The van der Waals surface area contributed by atoms with E-state index in [1.807, 2.05) is 54.6 Å². The molecule has 3 aromatic carbocycles. The monoisotopic (exact) mass is 472 g/mol. The van der Waals surface area contributed by atoms with E-state index < -0.39 is 0 Å². The average Bonchev–Trinajstić information content (AvgIpc) is 3.28. The van der Waals surface area contributed by atoms with Crippen LogP contribution < -0.4 is 5.32 Å². The SMILES string of the molecule is O=C(Nc1cccc2ccccc12)c1nnn(-c2ccc(Cl)cc2)c1CSc1ncccn1. The predicted octanol–water partition coefficient (Wildman–Crippen LogP) is 5.41. The van der Waals surface area contributed by atoms with Crippen molar-refractivity contribution in [3.63, 3.8) is 0 Å². The molecule has 1 amide bonds. The summed E-state index contributed by atoms with van der Waals surface area (Å²) in [5.74, 6) is 0.0638. The molecule has 0 spiro atoms. The Hall–Kier alpha value is -3.75. The molecule has 0 aliphatic rings. The zero-order valence-corrected chi connectivity index (χ0v) is 18.8. The Morgan fingerprint density at radius 1 is 0.939 bits per heavy atom. The minimum absolute atomic E-state index is 0.237. The van der Waals surface area contributed by atoms with Gasteiger partial charge in [-0.15, -0.1) is 5.10 Å². The highest BCUT2D eigenvalue weighted by Gasteiger charge is 2.22. The number of halogens is 1. The van der Waals surface area contributed by atoms with Crippen LogP contribution in [0.3, 0.4) is 0 Å². The lowest BCUT2D eigenvalue weighted by atomic mass is 10.1. The molecule has 0 saturated heterocycles. The van der Waals surface area contributed by atoms with Crippen LogP contribution in [-0.2, 0) is 5.75 Å². The Balaban J connectivity index is 1.50. The Morgan fingerprint density at radius 3 is 2.52 bits per heavy atom. The molecule has 33 heavy (non-hydrogen) atoms. The lowest BCUT2D eigenvalue weighted by Crippen LogP contribution is -2.15. The van der Waals surface area contributed by atoms with Gasteiger partial charge >= 0.3 is 0 Å². The van der Waals surface area contributed by atoms with E-state index in [1.54, 1.807) is 35.3 Å². The minimum atomic E-state index is -0.337. The van der Waals surface area contributed by atoms with Crippen molar-refractivity contribution in [3.05, 3.63) is 102 Å². The predicted molar refractivity (Wildman–Crippen MR) is 130 cm³/mol. The summed E-state index contributed by atoms with van der Waals surface area (Å²) in [5.41, 5.74) is 2.33. The second kappa shape index (κ2) is 9.40. The highest BCUT2D eigenvalue weighted by atomic mass is 35.5. The molecule has 1 N–H and O–H groups in total. The third-order valence-corrected chi connectivity index (χ3v) is 6.11. The molecule has 5 rings (SSSR count). The lowest BCUT2D eigenvalue weighted by molar-refractivity contribution is 0.102. The number of nitrogens with zero attached hydrogens (tertiary/aromatic N) is 5. The number of aromatic nitrogens is 5. The summed E-state index contributed by atoms with van der Waals surface area (Å²) in [6.45, 7) is 0. The number of nitrogens with one attached hydrogen (secondary N) is 1. The molecule has 0 fully saturated rings. The summed E-state index contributed by atoms with van der Waals surface area (Å²) in [6, 6.07) is 22.6. The maximum atomic E-state index is 13.3. The van der Waals surface area contributed by atoms with E-state index >= 15 is 0 Å². The summed E-state index contributed by atoms with van der Waals surface area (Å²) in [4.78, 5) is 21.8. The molecule has 5 aromatic rings. The van der Waals surface area contributed by atoms with Crippen LogP contribution >= 0.6 is 23.4 Å². The fraction of sp³-hybridized carbons (Fsp3) is 0.0417. The molecular weight excluding hydrogens is 456 g/mol. The van der Waals surface area contributed by atoms with Crippen molar-refractivity contribution in [2.75, 3.05) is 5.32 Å². The van der Waals surface area contributed by atoms with Crippen LogP contribution in [0.5, 0.6) is 0 Å². The number of thioether (sulfide) groups is 1. The summed E-state index contributed by atoms with van der Waals surface area (Å²) in [6.07, 6.45) is 3.36. The molecule has 0 unspecified atom stereocenters. The van der Waals surface area contributed by atoms with Crippen LogP contribution in [0.4, 0.5) is 5.69 Å².